The molecule has 0 spiro atoms. The zero-order valence-corrected chi connectivity index (χ0v) is 20.0. The van der Waals surface area contributed by atoms with Gasteiger partial charge in [0.2, 0.25) is 0 Å². The molecule has 2 aliphatic rings. The summed E-state index contributed by atoms with van der Waals surface area (Å²) in [6.45, 7) is 11.3. The highest BCUT2D eigenvalue weighted by molar-refractivity contribution is 7.09. The molecule has 0 radical (unpaired) electrons. The summed E-state index contributed by atoms with van der Waals surface area (Å²) in [6.07, 6.45) is 2.22. The van der Waals surface area contributed by atoms with Crippen LogP contribution in [0.3, 0.4) is 0 Å². The summed E-state index contributed by atoms with van der Waals surface area (Å²) in [5.41, 5.74) is 3.01. The highest BCUT2D eigenvalue weighted by Gasteiger charge is 2.22. The maximum atomic E-state index is 12.5. The quantitative estimate of drug-likeness (QED) is 0.635. The molecule has 1 amide bonds. The first-order valence-electron chi connectivity index (χ1n) is 11.7. The number of morpholine rings is 1. The summed E-state index contributed by atoms with van der Waals surface area (Å²) < 4.78 is 5.36. The van der Waals surface area contributed by atoms with E-state index in [1.807, 2.05) is 19.1 Å². The van der Waals surface area contributed by atoms with Gasteiger partial charge in [0.1, 0.15) is 5.01 Å². The topological polar surface area (TPSA) is 69.7 Å². The number of benzene rings is 1. The van der Waals surface area contributed by atoms with Crippen LogP contribution in [0.15, 0.2) is 29.6 Å². The second-order valence-electron chi connectivity index (χ2n) is 8.73. The molecule has 1 aromatic heterocycles. The first-order valence-corrected chi connectivity index (χ1v) is 12.6. The van der Waals surface area contributed by atoms with E-state index in [9.17, 15) is 4.79 Å². The van der Waals surface area contributed by atoms with Gasteiger partial charge in [0, 0.05) is 67.6 Å². The Hall–Kier alpha value is -2.00. The molecule has 0 bridgehead atoms. The van der Waals surface area contributed by atoms with Crippen molar-refractivity contribution in [3.05, 3.63) is 45.9 Å². The zero-order valence-electron chi connectivity index (χ0n) is 19.2. The second kappa shape index (κ2) is 11.2. The Morgan fingerprint density at radius 1 is 1.19 bits per heavy atom. The molecule has 0 saturated carbocycles. The molecule has 174 valence electrons. The molecule has 8 heteroatoms. The number of amides is 1. The Morgan fingerprint density at radius 2 is 1.91 bits per heavy atom. The minimum Gasteiger partial charge on any atom is -0.379 e. The minimum absolute atomic E-state index is 0.000807. The van der Waals surface area contributed by atoms with Crippen molar-refractivity contribution < 1.29 is 9.53 Å². The van der Waals surface area contributed by atoms with E-state index in [2.05, 4.69) is 49.9 Å². The molecule has 2 saturated heterocycles. The lowest BCUT2D eigenvalue weighted by Gasteiger charge is -2.35. The number of carbonyl (C=O) groups is 1. The molecule has 1 aromatic carbocycles. The molecule has 32 heavy (non-hydrogen) atoms. The van der Waals surface area contributed by atoms with Crippen molar-refractivity contribution in [2.45, 2.75) is 38.8 Å². The van der Waals surface area contributed by atoms with Crippen LogP contribution in [0, 0.1) is 6.92 Å². The van der Waals surface area contributed by atoms with Gasteiger partial charge in [0.25, 0.3) is 5.91 Å². The molecule has 0 aliphatic carbocycles. The van der Waals surface area contributed by atoms with Gasteiger partial charge in [0.15, 0.2) is 0 Å². The third-order valence-corrected chi connectivity index (χ3v) is 7.45. The molecule has 2 N–H and O–H groups in total. The van der Waals surface area contributed by atoms with Gasteiger partial charge in [-0.05, 0) is 51.0 Å². The predicted octanol–water partition coefficient (Wildman–Crippen LogP) is 2.83. The van der Waals surface area contributed by atoms with Gasteiger partial charge in [-0.2, -0.15) is 0 Å². The maximum absolute atomic E-state index is 12.5. The summed E-state index contributed by atoms with van der Waals surface area (Å²) in [4.78, 5) is 21.8. The van der Waals surface area contributed by atoms with Gasteiger partial charge in [-0.15, -0.1) is 11.3 Å². The maximum Gasteiger partial charge on any atom is 0.251 e. The standard InChI is InChI=1S/C24H35N5O2S/c1-18-17-32-24(26-18)19(2)27-21-7-10-29(11-8-21)22-5-3-20(4-6-22)23(30)25-9-12-28-13-15-31-16-14-28/h3-6,17,19,21,27H,7-16H2,1-2H3,(H,25,30)/t19-/m1/s1. The monoisotopic (exact) mass is 457 g/mol. The number of rotatable bonds is 8. The molecule has 3 heterocycles. The largest absolute Gasteiger partial charge is 0.379 e. The molecule has 7 nitrogen and oxygen atoms in total. The average molecular weight is 458 g/mol. The highest BCUT2D eigenvalue weighted by atomic mass is 32.1. The molecule has 1 atom stereocenters. The summed E-state index contributed by atoms with van der Waals surface area (Å²) >= 11 is 1.74. The normalized spacial score (nSPS) is 19.1. The number of nitrogens with one attached hydrogen (secondary N) is 2. The number of carbonyl (C=O) groups excluding carboxylic acids is 1. The molecule has 2 aliphatic heterocycles. The van der Waals surface area contributed by atoms with Crippen molar-refractivity contribution in [1.82, 2.24) is 20.5 Å². The Kier molecular flexibility index (Phi) is 8.13. The van der Waals surface area contributed by atoms with E-state index in [0.717, 1.165) is 70.0 Å². The third kappa shape index (κ3) is 6.28. The number of aryl methyl sites for hydroxylation is 1. The van der Waals surface area contributed by atoms with Crippen LogP contribution >= 0.6 is 11.3 Å². The van der Waals surface area contributed by atoms with Crippen LogP contribution in [-0.4, -0.2) is 74.3 Å². The van der Waals surface area contributed by atoms with Crippen LogP contribution < -0.4 is 15.5 Å². The van der Waals surface area contributed by atoms with E-state index in [-0.39, 0.29) is 5.91 Å². The molecular weight excluding hydrogens is 422 g/mol. The molecular formula is C24H35N5O2S. The summed E-state index contributed by atoms with van der Waals surface area (Å²) in [5, 5.41) is 10.1. The smallest absolute Gasteiger partial charge is 0.251 e. The summed E-state index contributed by atoms with van der Waals surface area (Å²) in [5.74, 6) is -0.000807. The van der Waals surface area contributed by atoms with Crippen molar-refractivity contribution in [2.24, 2.45) is 0 Å². The molecule has 2 fully saturated rings. The van der Waals surface area contributed by atoms with Crippen molar-refractivity contribution in [3.8, 4) is 0 Å². The summed E-state index contributed by atoms with van der Waals surface area (Å²) in [7, 11) is 0. The third-order valence-electron chi connectivity index (χ3n) is 6.30. The second-order valence-corrected chi connectivity index (χ2v) is 9.62. The number of ether oxygens (including phenoxy) is 1. The first-order chi connectivity index (χ1) is 15.6. The SMILES string of the molecule is Cc1csc([C@@H](C)NC2CCN(c3ccc(C(=O)NCCN4CCOCC4)cc3)CC2)n1. The van der Waals surface area contributed by atoms with Crippen molar-refractivity contribution in [3.63, 3.8) is 0 Å². The molecule has 2 aromatic rings. The lowest BCUT2D eigenvalue weighted by Crippen LogP contribution is -2.43. The Balaban J connectivity index is 1.20. The fraction of sp³-hybridized carbons (Fsp3) is 0.583. The van der Waals surface area contributed by atoms with Crippen LogP contribution in [0.2, 0.25) is 0 Å². The van der Waals surface area contributed by atoms with Crippen LogP contribution in [0.5, 0.6) is 0 Å². The van der Waals surface area contributed by atoms with E-state index < -0.39 is 0 Å². The number of hydrogen-bond donors (Lipinski definition) is 2. The van der Waals surface area contributed by atoms with Crippen molar-refractivity contribution in [2.75, 3.05) is 57.4 Å². The van der Waals surface area contributed by atoms with Gasteiger partial charge < -0.3 is 20.3 Å². The van der Waals surface area contributed by atoms with E-state index in [4.69, 9.17) is 4.74 Å². The minimum atomic E-state index is -0.000807. The van der Waals surface area contributed by atoms with E-state index >= 15 is 0 Å². The average Bonchev–Trinajstić information content (AvgIpc) is 3.27. The van der Waals surface area contributed by atoms with Crippen LogP contribution in [0.1, 0.15) is 46.9 Å². The van der Waals surface area contributed by atoms with Gasteiger partial charge in [-0.1, -0.05) is 0 Å². The van der Waals surface area contributed by atoms with Gasteiger partial charge in [0.05, 0.1) is 19.3 Å². The highest BCUT2D eigenvalue weighted by Crippen LogP contribution is 2.23. The number of anilines is 1. The Bertz CT molecular complexity index is 858. The number of aromatic nitrogens is 1. The van der Waals surface area contributed by atoms with Gasteiger partial charge in [-0.3, -0.25) is 9.69 Å². The lowest BCUT2D eigenvalue weighted by molar-refractivity contribution is 0.0383. The number of nitrogens with zero attached hydrogens (tertiary/aromatic N) is 3. The Labute approximate surface area is 195 Å². The predicted molar refractivity (Wildman–Crippen MR) is 130 cm³/mol. The number of thiazole rings is 1. The fourth-order valence-corrected chi connectivity index (χ4v) is 5.19. The van der Waals surface area contributed by atoms with Crippen LogP contribution in [0.25, 0.3) is 0 Å². The molecule has 4 rings (SSSR count). The zero-order chi connectivity index (χ0) is 22.3. The number of hydrogen-bond acceptors (Lipinski definition) is 7. The van der Waals surface area contributed by atoms with Gasteiger partial charge in [-0.25, -0.2) is 4.98 Å². The number of piperidine rings is 1. The van der Waals surface area contributed by atoms with Crippen LogP contribution in [-0.2, 0) is 4.74 Å². The summed E-state index contributed by atoms with van der Waals surface area (Å²) in [6, 6.07) is 8.85. The van der Waals surface area contributed by atoms with Crippen molar-refractivity contribution in [1.29, 1.82) is 0 Å². The first kappa shape index (κ1) is 23.2. The Morgan fingerprint density at radius 3 is 2.56 bits per heavy atom. The lowest BCUT2D eigenvalue weighted by atomic mass is 10.0. The van der Waals surface area contributed by atoms with E-state index in [1.54, 1.807) is 11.3 Å². The van der Waals surface area contributed by atoms with E-state index in [1.165, 1.54) is 10.7 Å². The fourth-order valence-electron chi connectivity index (χ4n) is 4.38. The van der Waals surface area contributed by atoms with Crippen molar-refractivity contribution >= 4 is 22.9 Å². The van der Waals surface area contributed by atoms with Crippen LogP contribution in [0.4, 0.5) is 5.69 Å². The molecule has 0 unspecified atom stereocenters. The van der Waals surface area contributed by atoms with Gasteiger partial charge >= 0.3 is 0 Å². The van der Waals surface area contributed by atoms with E-state index in [0.29, 0.717) is 18.6 Å².